The third-order valence-electron chi connectivity index (χ3n) is 1.60. The molecule has 1 atom stereocenters. The van der Waals surface area contributed by atoms with Crippen LogP contribution in [0.25, 0.3) is 0 Å². The lowest BCUT2D eigenvalue weighted by molar-refractivity contribution is -0.146. The Hall–Kier alpha value is -1.59. The van der Waals surface area contributed by atoms with Gasteiger partial charge in [0, 0.05) is 5.54 Å². The van der Waals surface area contributed by atoms with Crippen molar-refractivity contribution in [3.63, 3.8) is 0 Å². The molecular weight excluding hydrogens is 212 g/mol. The van der Waals surface area contributed by atoms with Gasteiger partial charge in [-0.05, 0) is 27.7 Å². The first-order chi connectivity index (χ1) is 7.17. The summed E-state index contributed by atoms with van der Waals surface area (Å²) in [4.78, 5) is 33.6. The van der Waals surface area contributed by atoms with E-state index in [9.17, 15) is 14.4 Å². The summed E-state index contributed by atoms with van der Waals surface area (Å²) >= 11 is 0. The van der Waals surface area contributed by atoms with Gasteiger partial charge in [-0.3, -0.25) is 9.59 Å². The molecule has 0 bridgehead atoms. The summed E-state index contributed by atoms with van der Waals surface area (Å²) in [6.45, 7) is 6.69. The van der Waals surface area contributed by atoms with Gasteiger partial charge < -0.3 is 15.4 Å². The Kier molecular flexibility index (Phi) is 4.94. The molecule has 0 radical (unpaired) electrons. The van der Waals surface area contributed by atoms with E-state index in [4.69, 9.17) is 0 Å². The van der Waals surface area contributed by atoms with Crippen LogP contribution >= 0.6 is 0 Å². The number of hydrogen-bond donors (Lipinski definition) is 2. The van der Waals surface area contributed by atoms with Crippen molar-refractivity contribution in [1.82, 2.24) is 10.6 Å². The lowest BCUT2D eigenvalue weighted by Gasteiger charge is -2.20. The van der Waals surface area contributed by atoms with Crippen LogP contribution in [0.3, 0.4) is 0 Å². The van der Waals surface area contributed by atoms with E-state index in [-0.39, 0.29) is 0 Å². The molecule has 6 nitrogen and oxygen atoms in total. The summed E-state index contributed by atoms with van der Waals surface area (Å²) in [5.74, 6) is -2.23. The fourth-order valence-electron chi connectivity index (χ4n) is 0.895. The summed E-state index contributed by atoms with van der Waals surface area (Å²) in [6, 6.07) is -0.844. The van der Waals surface area contributed by atoms with Crippen molar-refractivity contribution in [3.8, 4) is 0 Å². The van der Waals surface area contributed by atoms with E-state index in [1.807, 2.05) is 0 Å². The molecule has 0 saturated heterocycles. The topological polar surface area (TPSA) is 84.5 Å². The maximum atomic E-state index is 11.3. The largest absolute Gasteiger partial charge is 0.467 e. The van der Waals surface area contributed by atoms with Gasteiger partial charge in [-0.2, -0.15) is 0 Å². The molecule has 0 rings (SSSR count). The summed E-state index contributed by atoms with van der Waals surface area (Å²) in [7, 11) is 1.21. The SMILES string of the molecule is COC(=O)C(C)NC(=O)C(=O)NC(C)(C)C. The second kappa shape index (κ2) is 5.48. The Morgan fingerprint density at radius 3 is 2.00 bits per heavy atom. The highest BCUT2D eigenvalue weighted by molar-refractivity contribution is 6.35. The van der Waals surface area contributed by atoms with Gasteiger partial charge in [-0.1, -0.05) is 0 Å². The summed E-state index contributed by atoms with van der Waals surface area (Å²) in [6.07, 6.45) is 0. The summed E-state index contributed by atoms with van der Waals surface area (Å²) < 4.78 is 4.41. The first-order valence-electron chi connectivity index (χ1n) is 4.88. The Balaban J connectivity index is 4.27. The second-order valence-electron chi connectivity index (χ2n) is 4.42. The van der Waals surface area contributed by atoms with Crippen molar-refractivity contribution in [2.75, 3.05) is 7.11 Å². The molecule has 0 aromatic rings. The minimum absolute atomic E-state index is 0.497. The Morgan fingerprint density at radius 2 is 1.62 bits per heavy atom. The molecule has 0 aliphatic carbocycles. The van der Waals surface area contributed by atoms with Crippen LogP contribution in [-0.4, -0.2) is 36.5 Å². The van der Waals surface area contributed by atoms with E-state index in [1.54, 1.807) is 20.8 Å². The van der Waals surface area contributed by atoms with Gasteiger partial charge in [0.25, 0.3) is 0 Å². The van der Waals surface area contributed by atoms with E-state index < -0.39 is 29.4 Å². The zero-order valence-electron chi connectivity index (χ0n) is 10.2. The molecule has 16 heavy (non-hydrogen) atoms. The third-order valence-corrected chi connectivity index (χ3v) is 1.60. The molecular formula is C10H18N2O4. The molecule has 0 aromatic heterocycles. The molecule has 92 valence electrons. The highest BCUT2D eigenvalue weighted by atomic mass is 16.5. The Morgan fingerprint density at radius 1 is 1.12 bits per heavy atom. The number of nitrogens with one attached hydrogen (secondary N) is 2. The second-order valence-corrected chi connectivity index (χ2v) is 4.42. The van der Waals surface area contributed by atoms with Crippen molar-refractivity contribution >= 4 is 17.8 Å². The molecule has 0 aliphatic rings. The van der Waals surface area contributed by atoms with Crippen molar-refractivity contribution in [2.45, 2.75) is 39.3 Å². The van der Waals surface area contributed by atoms with Crippen LogP contribution in [0.2, 0.25) is 0 Å². The number of rotatable bonds is 2. The van der Waals surface area contributed by atoms with Gasteiger partial charge in [0.15, 0.2) is 0 Å². The molecule has 0 heterocycles. The predicted molar refractivity (Wildman–Crippen MR) is 57.5 cm³/mol. The molecule has 0 fully saturated rings. The van der Waals surface area contributed by atoms with Crippen molar-refractivity contribution in [3.05, 3.63) is 0 Å². The van der Waals surface area contributed by atoms with Gasteiger partial charge >= 0.3 is 17.8 Å². The Bertz CT molecular complexity index is 294. The van der Waals surface area contributed by atoms with E-state index in [1.165, 1.54) is 14.0 Å². The van der Waals surface area contributed by atoms with Crippen molar-refractivity contribution in [1.29, 1.82) is 0 Å². The van der Waals surface area contributed by atoms with Gasteiger partial charge in [0.2, 0.25) is 0 Å². The minimum atomic E-state index is -0.854. The van der Waals surface area contributed by atoms with Gasteiger partial charge in [-0.25, -0.2) is 4.79 Å². The summed E-state index contributed by atoms with van der Waals surface area (Å²) in [5.41, 5.74) is -0.497. The van der Waals surface area contributed by atoms with E-state index in [0.29, 0.717) is 0 Å². The molecule has 0 aromatic carbocycles. The van der Waals surface area contributed by atoms with Crippen LogP contribution in [0.15, 0.2) is 0 Å². The highest BCUT2D eigenvalue weighted by Gasteiger charge is 2.23. The van der Waals surface area contributed by atoms with Gasteiger partial charge in [-0.15, -0.1) is 0 Å². The van der Waals surface area contributed by atoms with E-state index in [2.05, 4.69) is 15.4 Å². The average Bonchev–Trinajstić information content (AvgIpc) is 2.13. The molecule has 1 unspecified atom stereocenters. The number of carbonyl (C=O) groups is 3. The molecule has 2 amide bonds. The molecule has 2 N–H and O–H groups in total. The molecule has 0 aliphatic heterocycles. The van der Waals surface area contributed by atoms with Crippen molar-refractivity contribution < 1.29 is 19.1 Å². The molecule has 0 spiro atoms. The number of esters is 1. The van der Waals surface area contributed by atoms with Crippen LogP contribution in [-0.2, 0) is 19.1 Å². The molecule has 6 heteroatoms. The Labute approximate surface area is 94.7 Å². The zero-order valence-corrected chi connectivity index (χ0v) is 10.2. The van der Waals surface area contributed by atoms with E-state index >= 15 is 0 Å². The van der Waals surface area contributed by atoms with Crippen LogP contribution in [0.1, 0.15) is 27.7 Å². The maximum Gasteiger partial charge on any atom is 0.328 e. The number of hydrogen-bond acceptors (Lipinski definition) is 4. The minimum Gasteiger partial charge on any atom is -0.467 e. The first kappa shape index (κ1) is 14.4. The maximum absolute atomic E-state index is 11.3. The highest BCUT2D eigenvalue weighted by Crippen LogP contribution is 1.97. The average molecular weight is 230 g/mol. The van der Waals surface area contributed by atoms with Crippen LogP contribution in [0.5, 0.6) is 0 Å². The fraction of sp³-hybridized carbons (Fsp3) is 0.700. The molecule has 0 saturated carbocycles. The van der Waals surface area contributed by atoms with Crippen LogP contribution < -0.4 is 10.6 Å². The fourth-order valence-corrected chi connectivity index (χ4v) is 0.895. The van der Waals surface area contributed by atoms with Gasteiger partial charge in [0.05, 0.1) is 7.11 Å². The van der Waals surface area contributed by atoms with Crippen LogP contribution in [0, 0.1) is 0 Å². The smallest absolute Gasteiger partial charge is 0.328 e. The third kappa shape index (κ3) is 5.33. The number of amides is 2. The lowest BCUT2D eigenvalue weighted by atomic mass is 10.1. The van der Waals surface area contributed by atoms with Crippen LogP contribution in [0.4, 0.5) is 0 Å². The number of methoxy groups -OCH3 is 1. The monoisotopic (exact) mass is 230 g/mol. The summed E-state index contributed by atoms with van der Waals surface area (Å²) in [5, 5.41) is 4.71. The number of carbonyl (C=O) groups excluding carboxylic acids is 3. The standard InChI is InChI=1S/C10H18N2O4/c1-6(9(15)16-5)11-7(13)8(14)12-10(2,3)4/h6H,1-5H3,(H,11,13)(H,12,14). The van der Waals surface area contributed by atoms with E-state index in [0.717, 1.165) is 0 Å². The predicted octanol–water partition coefficient (Wildman–Crippen LogP) is -0.421. The normalized spacial score (nSPS) is 12.6. The van der Waals surface area contributed by atoms with Gasteiger partial charge in [0.1, 0.15) is 6.04 Å². The van der Waals surface area contributed by atoms with Crippen molar-refractivity contribution in [2.24, 2.45) is 0 Å². The zero-order chi connectivity index (χ0) is 12.9. The first-order valence-corrected chi connectivity index (χ1v) is 4.88. The number of ether oxygens (including phenoxy) is 1. The quantitative estimate of drug-likeness (QED) is 0.498. The lowest BCUT2D eigenvalue weighted by Crippen LogP contribution is -2.51.